The van der Waals surface area contributed by atoms with Crippen molar-refractivity contribution in [2.45, 2.75) is 6.92 Å². The number of aromatic amines is 1. The van der Waals surface area contributed by atoms with E-state index < -0.39 is 0 Å². The summed E-state index contributed by atoms with van der Waals surface area (Å²) in [6.07, 6.45) is 0. The van der Waals surface area contributed by atoms with Crippen LogP contribution in [0.2, 0.25) is 0 Å². The number of benzene rings is 1. The summed E-state index contributed by atoms with van der Waals surface area (Å²) in [6.45, 7) is 1.89. The first-order valence-electron chi connectivity index (χ1n) is 3.61. The van der Waals surface area contributed by atoms with Crippen molar-refractivity contribution in [3.63, 3.8) is 0 Å². The van der Waals surface area contributed by atoms with Crippen LogP contribution in [0.5, 0.6) is 0 Å². The van der Waals surface area contributed by atoms with E-state index in [0.717, 1.165) is 14.7 Å². The van der Waals surface area contributed by atoms with Crippen LogP contribution < -0.4 is 0 Å². The van der Waals surface area contributed by atoms with Gasteiger partial charge in [-0.25, -0.2) is 4.39 Å². The average Bonchev–Trinajstić information content (AvgIpc) is 2.29. The van der Waals surface area contributed by atoms with Crippen LogP contribution >= 0.6 is 22.6 Å². The Balaban J connectivity index is 2.88. The lowest BCUT2D eigenvalue weighted by molar-refractivity contribution is 0.636. The van der Waals surface area contributed by atoms with Crippen molar-refractivity contribution in [2.24, 2.45) is 0 Å². The molecule has 0 amide bonds. The van der Waals surface area contributed by atoms with Gasteiger partial charge in [-0.2, -0.15) is 0 Å². The molecule has 2 rings (SSSR count). The van der Waals surface area contributed by atoms with Gasteiger partial charge >= 0.3 is 0 Å². The maximum atomic E-state index is 13.2. The maximum Gasteiger partial charge on any atom is 0.147 e. The number of halogens is 2. The third-order valence-corrected chi connectivity index (χ3v) is 2.37. The lowest BCUT2D eigenvalue weighted by Crippen LogP contribution is -1.79. The van der Waals surface area contributed by atoms with Crippen molar-refractivity contribution in [3.05, 3.63) is 33.3 Å². The summed E-state index contributed by atoms with van der Waals surface area (Å²) in [6, 6.07) is 5.44. The summed E-state index contributed by atoms with van der Waals surface area (Å²) in [7, 11) is 0. The van der Waals surface area contributed by atoms with Crippen molar-refractivity contribution < 1.29 is 4.39 Å². The van der Waals surface area contributed by atoms with Crippen LogP contribution in [0.4, 0.5) is 4.39 Å². The van der Waals surface area contributed by atoms with Crippen LogP contribution in [0, 0.1) is 16.4 Å². The first kappa shape index (κ1) is 8.04. The molecule has 12 heavy (non-hydrogen) atoms. The minimum atomic E-state index is -0.173. The highest BCUT2D eigenvalue weighted by molar-refractivity contribution is 14.1. The van der Waals surface area contributed by atoms with Gasteiger partial charge in [-0.3, -0.25) is 0 Å². The molecule has 3 heteroatoms. The molecule has 0 aliphatic rings. The summed E-state index contributed by atoms with van der Waals surface area (Å²) in [5.41, 5.74) is 1.56. The van der Waals surface area contributed by atoms with Gasteiger partial charge in [-0.15, -0.1) is 0 Å². The molecule has 0 bridgehead atoms. The Bertz CT molecular complexity index is 433. The number of nitrogens with one attached hydrogen (secondary N) is 1. The SMILES string of the molecule is Cc1cc(F)c2[nH]c(I)cc2c1. The van der Waals surface area contributed by atoms with Crippen LogP contribution in [0.3, 0.4) is 0 Å². The highest BCUT2D eigenvalue weighted by atomic mass is 127. The molecule has 1 aromatic heterocycles. The molecule has 1 N–H and O–H groups in total. The van der Waals surface area contributed by atoms with Gasteiger partial charge in [0, 0.05) is 5.39 Å². The van der Waals surface area contributed by atoms with Crippen molar-refractivity contribution in [1.29, 1.82) is 0 Å². The molecule has 0 unspecified atom stereocenters. The van der Waals surface area contributed by atoms with Gasteiger partial charge in [0.05, 0.1) is 9.22 Å². The summed E-state index contributed by atoms with van der Waals surface area (Å²) in [5.74, 6) is -0.173. The molecule has 1 nitrogen and oxygen atoms in total. The standard InChI is InChI=1S/C9H7FIN/c1-5-2-6-4-8(11)12-9(6)7(10)3-5/h2-4,12H,1H3. The number of H-pyrrole nitrogens is 1. The molecule has 0 atom stereocenters. The second kappa shape index (κ2) is 2.73. The van der Waals surface area contributed by atoms with E-state index in [9.17, 15) is 4.39 Å². The number of fused-ring (bicyclic) bond motifs is 1. The average molecular weight is 275 g/mol. The number of hydrogen-bond acceptors (Lipinski definition) is 0. The molecule has 0 aliphatic carbocycles. The van der Waals surface area contributed by atoms with E-state index in [2.05, 4.69) is 27.6 Å². The highest BCUT2D eigenvalue weighted by Gasteiger charge is 2.04. The predicted molar refractivity (Wildman–Crippen MR) is 55.7 cm³/mol. The topological polar surface area (TPSA) is 15.8 Å². The van der Waals surface area contributed by atoms with Crippen molar-refractivity contribution in [2.75, 3.05) is 0 Å². The number of rotatable bonds is 0. The lowest BCUT2D eigenvalue weighted by Gasteiger charge is -1.94. The molecule has 0 spiro atoms. The fourth-order valence-corrected chi connectivity index (χ4v) is 1.91. The third kappa shape index (κ3) is 1.22. The van der Waals surface area contributed by atoms with Crippen molar-refractivity contribution >= 4 is 33.5 Å². The molecular weight excluding hydrogens is 268 g/mol. The van der Waals surface area contributed by atoms with Crippen molar-refractivity contribution in [3.8, 4) is 0 Å². The summed E-state index contributed by atoms with van der Waals surface area (Å²) < 4.78 is 14.2. The van der Waals surface area contributed by atoms with E-state index in [4.69, 9.17) is 0 Å². The Labute approximate surface area is 83.1 Å². The molecule has 0 fully saturated rings. The molecule has 0 saturated heterocycles. The molecule has 1 heterocycles. The zero-order valence-corrected chi connectivity index (χ0v) is 8.65. The van der Waals surface area contributed by atoms with Gasteiger partial charge in [0.15, 0.2) is 0 Å². The van der Waals surface area contributed by atoms with Crippen LogP contribution in [0.15, 0.2) is 18.2 Å². The van der Waals surface area contributed by atoms with E-state index in [0.29, 0.717) is 5.52 Å². The van der Waals surface area contributed by atoms with Gasteiger partial charge in [-0.1, -0.05) is 0 Å². The van der Waals surface area contributed by atoms with Crippen LogP contribution in [-0.4, -0.2) is 4.98 Å². The Hall–Kier alpha value is -0.580. The third-order valence-electron chi connectivity index (χ3n) is 1.79. The Morgan fingerprint density at radius 1 is 1.33 bits per heavy atom. The van der Waals surface area contributed by atoms with E-state index in [-0.39, 0.29) is 5.82 Å². The first-order chi connectivity index (χ1) is 5.66. The quantitative estimate of drug-likeness (QED) is 0.710. The normalized spacial score (nSPS) is 10.9. The largest absolute Gasteiger partial charge is 0.348 e. The molecular formula is C9H7FIN. The minimum absolute atomic E-state index is 0.173. The number of aromatic nitrogens is 1. The highest BCUT2D eigenvalue weighted by Crippen LogP contribution is 2.21. The summed E-state index contributed by atoms with van der Waals surface area (Å²) >= 11 is 2.14. The fourth-order valence-electron chi connectivity index (χ4n) is 1.31. The number of hydrogen-bond donors (Lipinski definition) is 1. The number of aryl methyl sites for hydroxylation is 1. The monoisotopic (exact) mass is 275 g/mol. The molecule has 2 aromatic rings. The van der Waals surface area contributed by atoms with E-state index in [1.165, 1.54) is 6.07 Å². The summed E-state index contributed by atoms with van der Waals surface area (Å²) in [4.78, 5) is 2.97. The zero-order chi connectivity index (χ0) is 8.72. The molecule has 0 aliphatic heterocycles. The van der Waals surface area contributed by atoms with Gasteiger partial charge < -0.3 is 4.98 Å². The molecule has 1 aromatic carbocycles. The van der Waals surface area contributed by atoms with Gasteiger partial charge in [0.1, 0.15) is 5.82 Å². The Kier molecular flexibility index (Phi) is 1.83. The van der Waals surface area contributed by atoms with Crippen LogP contribution in [0.1, 0.15) is 5.56 Å². The Morgan fingerprint density at radius 2 is 2.08 bits per heavy atom. The smallest absolute Gasteiger partial charge is 0.147 e. The van der Waals surface area contributed by atoms with Crippen LogP contribution in [-0.2, 0) is 0 Å². The fraction of sp³-hybridized carbons (Fsp3) is 0.111. The molecule has 0 saturated carbocycles. The minimum Gasteiger partial charge on any atom is -0.348 e. The second-order valence-corrected chi connectivity index (χ2v) is 3.99. The maximum absolute atomic E-state index is 13.2. The van der Waals surface area contributed by atoms with Crippen molar-refractivity contribution in [1.82, 2.24) is 4.98 Å². The summed E-state index contributed by atoms with van der Waals surface area (Å²) in [5, 5.41) is 0.942. The molecule has 0 radical (unpaired) electrons. The van der Waals surface area contributed by atoms with E-state index in [1.807, 2.05) is 19.1 Å². The van der Waals surface area contributed by atoms with Gasteiger partial charge in [0.2, 0.25) is 0 Å². The second-order valence-electron chi connectivity index (χ2n) is 2.83. The Morgan fingerprint density at radius 3 is 2.83 bits per heavy atom. The van der Waals surface area contributed by atoms with Gasteiger partial charge in [-0.05, 0) is 53.3 Å². The van der Waals surface area contributed by atoms with E-state index in [1.54, 1.807) is 0 Å². The zero-order valence-electron chi connectivity index (χ0n) is 6.49. The van der Waals surface area contributed by atoms with Gasteiger partial charge in [0.25, 0.3) is 0 Å². The van der Waals surface area contributed by atoms with Crippen LogP contribution in [0.25, 0.3) is 10.9 Å². The molecule has 62 valence electrons. The van der Waals surface area contributed by atoms with E-state index >= 15 is 0 Å². The lowest BCUT2D eigenvalue weighted by atomic mass is 10.2. The first-order valence-corrected chi connectivity index (χ1v) is 4.69. The predicted octanol–water partition coefficient (Wildman–Crippen LogP) is 3.22.